The molecular formula is C10H21N5. The normalized spacial score (nSPS) is 12.0. The first-order chi connectivity index (χ1) is 7.03. The SMILES string of the molecule is CCCNCC(C)(C)Cc1nnn(C)n1. The molecule has 0 saturated carbocycles. The van der Waals surface area contributed by atoms with Crippen molar-refractivity contribution in [3.05, 3.63) is 5.82 Å². The lowest BCUT2D eigenvalue weighted by molar-refractivity contribution is 0.331. The van der Waals surface area contributed by atoms with Gasteiger partial charge in [0.2, 0.25) is 0 Å². The highest BCUT2D eigenvalue weighted by Gasteiger charge is 2.20. The standard InChI is InChI=1S/C10H21N5/c1-5-6-11-8-10(2,3)7-9-12-14-15(4)13-9/h11H,5-8H2,1-4H3. The summed E-state index contributed by atoms with van der Waals surface area (Å²) < 4.78 is 0. The van der Waals surface area contributed by atoms with Crippen LogP contribution in [0.5, 0.6) is 0 Å². The first kappa shape index (κ1) is 12.1. The summed E-state index contributed by atoms with van der Waals surface area (Å²) in [6.07, 6.45) is 2.02. The van der Waals surface area contributed by atoms with Crippen LogP contribution in [-0.2, 0) is 13.5 Å². The van der Waals surface area contributed by atoms with Gasteiger partial charge in [0.25, 0.3) is 0 Å². The molecule has 15 heavy (non-hydrogen) atoms. The maximum absolute atomic E-state index is 4.19. The lowest BCUT2D eigenvalue weighted by atomic mass is 9.89. The number of aromatic nitrogens is 4. The average Bonchev–Trinajstić information content (AvgIpc) is 2.50. The number of hydrogen-bond acceptors (Lipinski definition) is 4. The molecule has 1 aromatic rings. The molecular weight excluding hydrogens is 190 g/mol. The van der Waals surface area contributed by atoms with E-state index < -0.39 is 0 Å². The topological polar surface area (TPSA) is 55.6 Å². The van der Waals surface area contributed by atoms with E-state index in [0.717, 1.165) is 25.3 Å². The van der Waals surface area contributed by atoms with Crippen molar-refractivity contribution in [3.8, 4) is 0 Å². The van der Waals surface area contributed by atoms with Gasteiger partial charge in [0.1, 0.15) is 0 Å². The molecule has 0 amide bonds. The second kappa shape index (κ2) is 5.21. The van der Waals surface area contributed by atoms with Crippen molar-refractivity contribution in [2.75, 3.05) is 13.1 Å². The van der Waals surface area contributed by atoms with Gasteiger partial charge < -0.3 is 5.32 Å². The minimum absolute atomic E-state index is 0.179. The van der Waals surface area contributed by atoms with E-state index in [1.165, 1.54) is 11.2 Å². The molecule has 0 aromatic carbocycles. The van der Waals surface area contributed by atoms with Gasteiger partial charge in [-0.2, -0.15) is 4.80 Å². The quantitative estimate of drug-likeness (QED) is 0.706. The van der Waals surface area contributed by atoms with Gasteiger partial charge in [-0.25, -0.2) is 0 Å². The Labute approximate surface area is 91.2 Å². The average molecular weight is 211 g/mol. The predicted molar refractivity (Wildman–Crippen MR) is 59.4 cm³/mol. The Bertz CT molecular complexity index is 292. The van der Waals surface area contributed by atoms with Crippen LogP contribution in [0.4, 0.5) is 0 Å². The lowest BCUT2D eigenvalue weighted by Gasteiger charge is -2.23. The van der Waals surface area contributed by atoms with Crippen molar-refractivity contribution < 1.29 is 0 Å². The van der Waals surface area contributed by atoms with Crippen LogP contribution in [0.2, 0.25) is 0 Å². The van der Waals surface area contributed by atoms with Gasteiger partial charge in [0.15, 0.2) is 5.82 Å². The summed E-state index contributed by atoms with van der Waals surface area (Å²) in [4.78, 5) is 1.50. The molecule has 0 saturated heterocycles. The third-order valence-corrected chi connectivity index (χ3v) is 2.22. The minimum atomic E-state index is 0.179. The largest absolute Gasteiger partial charge is 0.316 e. The number of aryl methyl sites for hydroxylation is 1. The zero-order valence-corrected chi connectivity index (χ0v) is 10.1. The fourth-order valence-electron chi connectivity index (χ4n) is 1.49. The molecule has 1 rings (SSSR count). The summed E-state index contributed by atoms with van der Waals surface area (Å²) in [5.74, 6) is 0.820. The van der Waals surface area contributed by atoms with Crippen LogP contribution in [-0.4, -0.2) is 33.3 Å². The van der Waals surface area contributed by atoms with Gasteiger partial charge in [-0.3, -0.25) is 0 Å². The van der Waals surface area contributed by atoms with Crippen molar-refractivity contribution in [3.63, 3.8) is 0 Å². The van der Waals surface area contributed by atoms with E-state index >= 15 is 0 Å². The molecule has 1 aromatic heterocycles. The monoisotopic (exact) mass is 211 g/mol. The van der Waals surface area contributed by atoms with Gasteiger partial charge in [0, 0.05) is 13.0 Å². The maximum atomic E-state index is 4.19. The van der Waals surface area contributed by atoms with E-state index in [9.17, 15) is 0 Å². The fourth-order valence-corrected chi connectivity index (χ4v) is 1.49. The fraction of sp³-hybridized carbons (Fsp3) is 0.900. The molecule has 0 atom stereocenters. The smallest absolute Gasteiger partial charge is 0.175 e. The van der Waals surface area contributed by atoms with Crippen LogP contribution in [0.15, 0.2) is 0 Å². The second-order valence-corrected chi connectivity index (χ2v) is 4.71. The van der Waals surface area contributed by atoms with E-state index in [1.54, 1.807) is 7.05 Å². The molecule has 0 spiro atoms. The first-order valence-corrected chi connectivity index (χ1v) is 5.47. The Balaban J connectivity index is 2.41. The molecule has 0 unspecified atom stereocenters. The zero-order chi connectivity index (χ0) is 11.3. The summed E-state index contributed by atoms with van der Waals surface area (Å²) in [7, 11) is 1.79. The molecule has 5 nitrogen and oxygen atoms in total. The van der Waals surface area contributed by atoms with Crippen molar-refractivity contribution in [2.45, 2.75) is 33.6 Å². The first-order valence-electron chi connectivity index (χ1n) is 5.47. The highest BCUT2D eigenvalue weighted by Crippen LogP contribution is 2.18. The number of nitrogens with one attached hydrogen (secondary N) is 1. The molecule has 0 fully saturated rings. The maximum Gasteiger partial charge on any atom is 0.175 e. The summed E-state index contributed by atoms with van der Waals surface area (Å²) in [5, 5.41) is 15.4. The predicted octanol–water partition coefficient (Wildman–Crippen LogP) is 0.778. The van der Waals surface area contributed by atoms with Crippen molar-refractivity contribution >= 4 is 0 Å². The van der Waals surface area contributed by atoms with Crippen molar-refractivity contribution in [1.29, 1.82) is 0 Å². The van der Waals surface area contributed by atoms with E-state index in [4.69, 9.17) is 0 Å². The lowest BCUT2D eigenvalue weighted by Crippen LogP contribution is -2.32. The van der Waals surface area contributed by atoms with Crippen LogP contribution in [0.3, 0.4) is 0 Å². The molecule has 86 valence electrons. The molecule has 0 aliphatic carbocycles. The van der Waals surface area contributed by atoms with Gasteiger partial charge in [-0.1, -0.05) is 20.8 Å². The van der Waals surface area contributed by atoms with Crippen LogP contribution in [0, 0.1) is 5.41 Å². The van der Waals surface area contributed by atoms with Crippen molar-refractivity contribution in [1.82, 2.24) is 25.5 Å². The third kappa shape index (κ3) is 4.38. The number of rotatable bonds is 6. The van der Waals surface area contributed by atoms with Crippen molar-refractivity contribution in [2.24, 2.45) is 12.5 Å². The van der Waals surface area contributed by atoms with Crippen LogP contribution in [0.25, 0.3) is 0 Å². The van der Waals surface area contributed by atoms with E-state index in [2.05, 4.69) is 41.5 Å². The van der Waals surface area contributed by atoms with Crippen LogP contribution >= 0.6 is 0 Å². The Morgan fingerprint density at radius 2 is 2.13 bits per heavy atom. The minimum Gasteiger partial charge on any atom is -0.316 e. The summed E-state index contributed by atoms with van der Waals surface area (Å²) in [6.45, 7) is 8.65. The van der Waals surface area contributed by atoms with Gasteiger partial charge >= 0.3 is 0 Å². The number of tetrazole rings is 1. The molecule has 0 bridgehead atoms. The molecule has 5 heteroatoms. The molecule has 0 radical (unpaired) electrons. The zero-order valence-electron chi connectivity index (χ0n) is 10.1. The van der Waals surface area contributed by atoms with Crippen LogP contribution < -0.4 is 5.32 Å². The summed E-state index contributed by atoms with van der Waals surface area (Å²) in [6, 6.07) is 0. The third-order valence-electron chi connectivity index (χ3n) is 2.22. The Kier molecular flexibility index (Phi) is 4.20. The summed E-state index contributed by atoms with van der Waals surface area (Å²) >= 11 is 0. The molecule has 1 N–H and O–H groups in total. The Morgan fingerprint density at radius 3 is 2.67 bits per heavy atom. The highest BCUT2D eigenvalue weighted by molar-refractivity contribution is 4.86. The van der Waals surface area contributed by atoms with Gasteiger partial charge in [-0.05, 0) is 23.6 Å². The van der Waals surface area contributed by atoms with E-state index in [0.29, 0.717) is 0 Å². The van der Waals surface area contributed by atoms with Gasteiger partial charge in [0.05, 0.1) is 7.05 Å². The molecule has 1 heterocycles. The number of hydrogen-bond donors (Lipinski definition) is 1. The van der Waals surface area contributed by atoms with Gasteiger partial charge in [-0.15, -0.1) is 10.2 Å². The van der Waals surface area contributed by atoms with E-state index in [-0.39, 0.29) is 5.41 Å². The highest BCUT2D eigenvalue weighted by atomic mass is 15.6. The second-order valence-electron chi connectivity index (χ2n) is 4.71. The van der Waals surface area contributed by atoms with E-state index in [1.807, 2.05) is 0 Å². The molecule has 0 aliphatic rings. The Morgan fingerprint density at radius 1 is 1.40 bits per heavy atom. The van der Waals surface area contributed by atoms with Crippen LogP contribution in [0.1, 0.15) is 33.0 Å². The molecule has 0 aliphatic heterocycles. The number of nitrogens with zero attached hydrogens (tertiary/aromatic N) is 4. The Hall–Kier alpha value is -0.970. The summed E-state index contributed by atoms with van der Waals surface area (Å²) in [5.41, 5.74) is 0.179.